The van der Waals surface area contributed by atoms with Gasteiger partial charge in [0.25, 0.3) is 0 Å². The number of rotatable bonds is 6. The van der Waals surface area contributed by atoms with E-state index in [-0.39, 0.29) is 12.7 Å². The molecule has 8 nitrogen and oxygen atoms in total. The summed E-state index contributed by atoms with van der Waals surface area (Å²) in [5.74, 6) is 0.280. The molecule has 1 aromatic carbocycles. The first-order valence-electron chi connectivity index (χ1n) is 6.62. The van der Waals surface area contributed by atoms with Crippen LogP contribution in [0.2, 0.25) is 0 Å². The maximum absolute atomic E-state index is 10.9. The summed E-state index contributed by atoms with van der Waals surface area (Å²) in [5.41, 5.74) is 7.42. The lowest BCUT2D eigenvalue weighted by Crippen LogP contribution is -2.40. The highest BCUT2D eigenvalue weighted by atomic mass is 16.7. The van der Waals surface area contributed by atoms with Gasteiger partial charge >= 0.3 is 5.95 Å². The minimum atomic E-state index is -0.123. The first-order chi connectivity index (χ1) is 10.6. The number of hydrogen-bond donors (Lipinski definition) is 2. The fraction of sp³-hybridized carbons (Fsp3) is 0.286. The smallest absolute Gasteiger partial charge is 0.447 e. The molecule has 1 aromatic heterocycles. The summed E-state index contributed by atoms with van der Waals surface area (Å²) in [5, 5.41) is 13.6. The molecule has 0 unspecified atom stereocenters. The van der Waals surface area contributed by atoms with Crippen LogP contribution in [-0.2, 0) is 4.74 Å². The first kappa shape index (κ1) is 15.6. The molecule has 0 saturated carbocycles. The number of hydrogen-bond acceptors (Lipinski definition) is 7. The lowest BCUT2D eigenvalue weighted by molar-refractivity contribution is -0.938. The summed E-state index contributed by atoms with van der Waals surface area (Å²) in [6, 6.07) is 4.85. The molecule has 1 heterocycles. The molecule has 0 aliphatic rings. The van der Waals surface area contributed by atoms with Crippen LogP contribution in [0, 0.1) is 6.92 Å². The van der Waals surface area contributed by atoms with Gasteiger partial charge in [0.2, 0.25) is 0 Å². The van der Waals surface area contributed by atoms with Crippen molar-refractivity contribution in [2.24, 2.45) is 0 Å². The molecular weight excluding hydrogens is 288 g/mol. The zero-order valence-electron chi connectivity index (χ0n) is 12.3. The Bertz CT molecular complexity index is 691. The highest BCUT2D eigenvalue weighted by Gasteiger charge is 2.19. The number of anilines is 1. The monoisotopic (exact) mass is 305 g/mol. The Hall–Kier alpha value is -2.74. The third kappa shape index (κ3) is 3.29. The van der Waals surface area contributed by atoms with Crippen LogP contribution in [0.25, 0.3) is 11.3 Å². The number of benzene rings is 1. The molecule has 8 heteroatoms. The van der Waals surface area contributed by atoms with E-state index in [0.29, 0.717) is 46.0 Å². The van der Waals surface area contributed by atoms with E-state index < -0.39 is 0 Å². The SMILES string of the molecule is CCOCOc1cc(C=O)ccc1-c1n[n+](O)c(N)nc1C. The van der Waals surface area contributed by atoms with E-state index in [2.05, 4.69) is 10.1 Å². The van der Waals surface area contributed by atoms with Gasteiger partial charge in [0, 0.05) is 22.6 Å². The van der Waals surface area contributed by atoms with Crippen molar-refractivity contribution in [3.63, 3.8) is 0 Å². The van der Waals surface area contributed by atoms with Crippen molar-refractivity contribution in [3.05, 3.63) is 29.5 Å². The van der Waals surface area contributed by atoms with Gasteiger partial charge in [-0.15, -0.1) is 0 Å². The highest BCUT2D eigenvalue weighted by Crippen LogP contribution is 2.30. The normalized spacial score (nSPS) is 10.5. The fourth-order valence-corrected chi connectivity index (χ4v) is 1.85. The Kier molecular flexibility index (Phi) is 4.84. The molecular formula is C14H17N4O4+. The Labute approximate surface area is 127 Å². The predicted molar refractivity (Wildman–Crippen MR) is 76.5 cm³/mol. The third-order valence-corrected chi connectivity index (χ3v) is 2.92. The Morgan fingerprint density at radius 2 is 2.23 bits per heavy atom. The van der Waals surface area contributed by atoms with Crippen molar-refractivity contribution < 1.29 is 24.3 Å². The van der Waals surface area contributed by atoms with E-state index in [1.165, 1.54) is 0 Å². The average molecular weight is 305 g/mol. The van der Waals surface area contributed by atoms with E-state index >= 15 is 0 Å². The number of carbonyl (C=O) groups excluding carboxylic acids is 1. The van der Waals surface area contributed by atoms with E-state index in [1.807, 2.05) is 6.92 Å². The number of nitrogen functional groups attached to an aromatic ring is 1. The molecule has 0 atom stereocenters. The van der Waals surface area contributed by atoms with E-state index in [4.69, 9.17) is 15.2 Å². The molecule has 0 saturated heterocycles. The number of aryl methyl sites for hydroxylation is 1. The topological polar surface area (TPSA) is 111 Å². The van der Waals surface area contributed by atoms with Crippen molar-refractivity contribution in [2.45, 2.75) is 13.8 Å². The second-order valence-electron chi connectivity index (χ2n) is 4.42. The Balaban J connectivity index is 2.49. The van der Waals surface area contributed by atoms with Crippen LogP contribution in [0.1, 0.15) is 23.0 Å². The van der Waals surface area contributed by atoms with Gasteiger partial charge in [0.15, 0.2) is 12.5 Å². The van der Waals surface area contributed by atoms with Crippen molar-refractivity contribution in [3.8, 4) is 17.0 Å². The maximum Gasteiger partial charge on any atom is 0.447 e. The summed E-state index contributed by atoms with van der Waals surface area (Å²) >= 11 is 0. The Morgan fingerprint density at radius 3 is 2.91 bits per heavy atom. The van der Waals surface area contributed by atoms with Gasteiger partial charge in [-0.1, -0.05) is 16.1 Å². The number of aldehydes is 1. The lowest BCUT2D eigenvalue weighted by Gasteiger charge is -2.11. The molecule has 0 aliphatic heterocycles. The zero-order chi connectivity index (χ0) is 16.1. The predicted octanol–water partition coefficient (Wildman–Crippen LogP) is 0.744. The third-order valence-electron chi connectivity index (χ3n) is 2.92. The van der Waals surface area contributed by atoms with E-state index in [9.17, 15) is 10.0 Å². The molecule has 0 fully saturated rings. The summed E-state index contributed by atoms with van der Waals surface area (Å²) < 4.78 is 10.7. The van der Waals surface area contributed by atoms with Crippen molar-refractivity contribution in [1.82, 2.24) is 10.1 Å². The largest absolute Gasteiger partial charge is 0.467 e. The zero-order valence-corrected chi connectivity index (χ0v) is 12.3. The number of carbonyl (C=O) groups is 1. The fourth-order valence-electron chi connectivity index (χ4n) is 1.85. The molecule has 2 rings (SSSR count). The van der Waals surface area contributed by atoms with Crippen molar-refractivity contribution in [1.29, 1.82) is 0 Å². The minimum absolute atomic E-state index is 0.0341. The van der Waals surface area contributed by atoms with Crippen LogP contribution >= 0.6 is 0 Å². The van der Waals surface area contributed by atoms with Gasteiger partial charge in [-0.05, 0) is 26.0 Å². The van der Waals surface area contributed by atoms with Crippen LogP contribution < -0.4 is 15.3 Å². The van der Waals surface area contributed by atoms with Gasteiger partial charge in [-0.25, -0.2) is 0 Å². The number of aromatic nitrogens is 3. The maximum atomic E-state index is 10.9. The van der Waals surface area contributed by atoms with Crippen LogP contribution in [0.15, 0.2) is 18.2 Å². The molecule has 0 bridgehead atoms. The number of nitrogens with zero attached hydrogens (tertiary/aromatic N) is 3. The molecule has 0 radical (unpaired) electrons. The minimum Gasteiger partial charge on any atom is -0.467 e. The first-order valence-corrected chi connectivity index (χ1v) is 6.62. The Morgan fingerprint density at radius 1 is 1.45 bits per heavy atom. The highest BCUT2D eigenvalue weighted by molar-refractivity contribution is 5.79. The van der Waals surface area contributed by atoms with E-state index in [1.54, 1.807) is 25.1 Å². The second kappa shape index (κ2) is 6.81. The number of nitrogens with two attached hydrogens (primary N) is 1. The van der Waals surface area contributed by atoms with Gasteiger partial charge < -0.3 is 14.7 Å². The summed E-state index contributed by atoms with van der Waals surface area (Å²) in [7, 11) is 0. The summed E-state index contributed by atoms with van der Waals surface area (Å²) in [6.07, 6.45) is 0.713. The molecule has 0 amide bonds. The molecule has 116 valence electrons. The van der Waals surface area contributed by atoms with Crippen LogP contribution in [0.5, 0.6) is 5.75 Å². The lowest BCUT2D eigenvalue weighted by atomic mass is 10.1. The standard InChI is InChI=1S/C14H16N4O4/c1-3-21-8-22-12-6-10(7-19)4-5-11(12)13-9(2)16-14(15)18(20)17-13/h4-7,15,20H,3,8H2,1-2H3/p+1. The van der Waals surface area contributed by atoms with Gasteiger partial charge in [-0.2, -0.15) is 0 Å². The van der Waals surface area contributed by atoms with Gasteiger partial charge in [0.1, 0.15) is 17.7 Å². The van der Waals surface area contributed by atoms with Crippen LogP contribution in [-0.4, -0.2) is 35.0 Å². The van der Waals surface area contributed by atoms with Crippen LogP contribution in [0.3, 0.4) is 0 Å². The average Bonchev–Trinajstić information content (AvgIpc) is 2.51. The number of ether oxygens (including phenoxy) is 2. The molecule has 3 N–H and O–H groups in total. The quantitative estimate of drug-likeness (QED) is 0.266. The van der Waals surface area contributed by atoms with Gasteiger partial charge in [0.05, 0.1) is 0 Å². The van der Waals surface area contributed by atoms with Gasteiger partial charge in [-0.3, -0.25) is 10.5 Å². The second-order valence-corrected chi connectivity index (χ2v) is 4.42. The molecule has 0 aliphatic carbocycles. The van der Waals surface area contributed by atoms with Crippen LogP contribution in [0.4, 0.5) is 5.95 Å². The van der Waals surface area contributed by atoms with Crippen molar-refractivity contribution >= 4 is 12.2 Å². The van der Waals surface area contributed by atoms with E-state index in [0.717, 1.165) is 0 Å². The molecule has 22 heavy (non-hydrogen) atoms. The molecule has 0 spiro atoms. The summed E-state index contributed by atoms with van der Waals surface area (Å²) in [6.45, 7) is 4.08. The molecule has 2 aromatic rings. The summed E-state index contributed by atoms with van der Waals surface area (Å²) in [4.78, 5) is 15.4. The van der Waals surface area contributed by atoms with Crippen molar-refractivity contribution in [2.75, 3.05) is 19.1 Å².